The molecular weight excluding hydrogens is 274 g/mol. The first-order valence-electron chi connectivity index (χ1n) is 7.14. The van der Waals surface area contributed by atoms with Gasteiger partial charge in [0.1, 0.15) is 0 Å². The van der Waals surface area contributed by atoms with Crippen molar-refractivity contribution in [2.75, 3.05) is 6.61 Å². The second-order valence-electron chi connectivity index (χ2n) is 5.36. The summed E-state index contributed by atoms with van der Waals surface area (Å²) in [5, 5.41) is 19.5. The number of benzene rings is 1. The lowest BCUT2D eigenvalue weighted by atomic mass is 9.87. The summed E-state index contributed by atoms with van der Waals surface area (Å²) >= 11 is 0. The van der Waals surface area contributed by atoms with E-state index in [9.17, 15) is 14.9 Å². The van der Waals surface area contributed by atoms with Gasteiger partial charge in [0, 0.05) is 12.1 Å². The van der Waals surface area contributed by atoms with Crippen LogP contribution in [0.2, 0.25) is 0 Å². The van der Waals surface area contributed by atoms with Crippen LogP contribution in [-0.2, 0) is 16.0 Å². The maximum Gasteiger partial charge on any atom is 0.306 e. The van der Waals surface area contributed by atoms with E-state index in [1.165, 1.54) is 12.1 Å². The zero-order valence-electron chi connectivity index (χ0n) is 11.7. The number of non-ortho nitro benzene ring substituents is 1. The zero-order valence-corrected chi connectivity index (χ0v) is 11.7. The lowest BCUT2D eigenvalue weighted by molar-refractivity contribution is -0.384. The highest BCUT2D eigenvalue weighted by Crippen LogP contribution is 2.26. The maximum absolute atomic E-state index is 10.8. The molecule has 0 amide bonds. The number of nitro benzene ring substituents is 1. The average Bonchev–Trinajstić information content (AvgIpc) is 2.48. The summed E-state index contributed by atoms with van der Waals surface area (Å²) in [6, 6.07) is 6.46. The minimum atomic E-state index is -0.709. The number of carboxylic acid groups (broad SMARTS) is 1. The third-order valence-corrected chi connectivity index (χ3v) is 3.91. The Morgan fingerprint density at radius 3 is 2.38 bits per heavy atom. The van der Waals surface area contributed by atoms with Crippen LogP contribution < -0.4 is 0 Å². The minimum Gasteiger partial charge on any atom is -0.481 e. The fourth-order valence-corrected chi connectivity index (χ4v) is 2.60. The highest BCUT2D eigenvalue weighted by Gasteiger charge is 2.26. The van der Waals surface area contributed by atoms with Crippen LogP contribution in [0.5, 0.6) is 0 Å². The number of rotatable bonds is 6. The van der Waals surface area contributed by atoms with E-state index in [0.29, 0.717) is 25.9 Å². The van der Waals surface area contributed by atoms with Gasteiger partial charge in [-0.2, -0.15) is 0 Å². The third-order valence-electron chi connectivity index (χ3n) is 3.91. The summed E-state index contributed by atoms with van der Waals surface area (Å²) in [5.41, 5.74) is 1.09. The molecule has 1 aromatic rings. The lowest BCUT2D eigenvalue weighted by Crippen LogP contribution is -2.26. The van der Waals surface area contributed by atoms with Crippen LogP contribution in [0.3, 0.4) is 0 Å². The standard InChI is InChI=1S/C15H19NO5/c17-15(18)12-3-7-14(8-4-12)21-10-9-11-1-5-13(6-2-11)16(19)20/h1-2,5-6,12,14H,3-4,7-10H2,(H,17,18). The van der Waals surface area contributed by atoms with Gasteiger partial charge in [-0.05, 0) is 37.7 Å². The monoisotopic (exact) mass is 293 g/mol. The predicted molar refractivity (Wildman–Crippen MR) is 76.1 cm³/mol. The number of ether oxygens (including phenoxy) is 1. The number of aliphatic carboxylic acids is 1. The van der Waals surface area contributed by atoms with E-state index in [0.717, 1.165) is 18.4 Å². The van der Waals surface area contributed by atoms with Gasteiger partial charge in [0.2, 0.25) is 0 Å². The highest BCUT2D eigenvalue weighted by atomic mass is 16.6. The molecule has 0 atom stereocenters. The topological polar surface area (TPSA) is 89.7 Å². The van der Waals surface area contributed by atoms with Crippen molar-refractivity contribution < 1.29 is 19.6 Å². The van der Waals surface area contributed by atoms with Gasteiger partial charge in [0.25, 0.3) is 5.69 Å². The first-order chi connectivity index (χ1) is 10.1. The van der Waals surface area contributed by atoms with Crippen LogP contribution in [0, 0.1) is 16.0 Å². The molecule has 0 bridgehead atoms. The summed E-state index contributed by atoms with van der Waals surface area (Å²) < 4.78 is 5.77. The molecule has 21 heavy (non-hydrogen) atoms. The van der Waals surface area contributed by atoms with Gasteiger partial charge < -0.3 is 9.84 Å². The van der Waals surface area contributed by atoms with E-state index in [1.807, 2.05) is 0 Å². The van der Waals surface area contributed by atoms with Gasteiger partial charge in [0.15, 0.2) is 0 Å². The minimum absolute atomic E-state index is 0.0895. The zero-order chi connectivity index (χ0) is 15.2. The number of nitrogens with zero attached hydrogens (tertiary/aromatic N) is 1. The average molecular weight is 293 g/mol. The second kappa shape index (κ2) is 7.17. The fourth-order valence-electron chi connectivity index (χ4n) is 2.60. The Hall–Kier alpha value is -1.95. The van der Waals surface area contributed by atoms with Crippen LogP contribution >= 0.6 is 0 Å². The van der Waals surface area contributed by atoms with E-state index >= 15 is 0 Å². The molecule has 1 saturated carbocycles. The van der Waals surface area contributed by atoms with Crippen molar-refractivity contribution >= 4 is 11.7 Å². The van der Waals surface area contributed by atoms with Crippen molar-refractivity contribution in [3.8, 4) is 0 Å². The van der Waals surface area contributed by atoms with Crippen molar-refractivity contribution in [2.45, 2.75) is 38.2 Å². The van der Waals surface area contributed by atoms with Crippen molar-refractivity contribution in [2.24, 2.45) is 5.92 Å². The fraction of sp³-hybridized carbons (Fsp3) is 0.533. The molecular formula is C15H19NO5. The molecule has 0 unspecified atom stereocenters. The molecule has 6 nitrogen and oxygen atoms in total. The Morgan fingerprint density at radius 1 is 1.24 bits per heavy atom. The molecule has 114 valence electrons. The molecule has 0 radical (unpaired) electrons. The molecule has 0 aromatic heterocycles. The smallest absolute Gasteiger partial charge is 0.306 e. The third kappa shape index (κ3) is 4.53. The Kier molecular flexibility index (Phi) is 5.27. The van der Waals surface area contributed by atoms with Crippen molar-refractivity contribution in [1.29, 1.82) is 0 Å². The molecule has 1 aliphatic carbocycles. The Morgan fingerprint density at radius 2 is 1.86 bits per heavy atom. The first kappa shape index (κ1) is 15.4. The van der Waals surface area contributed by atoms with Gasteiger partial charge in [-0.15, -0.1) is 0 Å². The number of carboxylic acids is 1. The Labute approximate surface area is 122 Å². The van der Waals surface area contributed by atoms with Gasteiger partial charge in [-0.3, -0.25) is 14.9 Å². The van der Waals surface area contributed by atoms with E-state index in [1.54, 1.807) is 12.1 Å². The first-order valence-corrected chi connectivity index (χ1v) is 7.14. The molecule has 1 N–H and O–H groups in total. The molecule has 0 heterocycles. The number of hydrogen-bond acceptors (Lipinski definition) is 4. The molecule has 6 heteroatoms. The van der Waals surface area contributed by atoms with Gasteiger partial charge in [0.05, 0.1) is 23.6 Å². The quantitative estimate of drug-likeness (QED) is 0.643. The largest absolute Gasteiger partial charge is 0.481 e. The van der Waals surface area contributed by atoms with Gasteiger partial charge in [-0.1, -0.05) is 12.1 Å². The van der Waals surface area contributed by atoms with Crippen LogP contribution in [0.4, 0.5) is 5.69 Å². The molecule has 2 rings (SSSR count). The van der Waals surface area contributed by atoms with Gasteiger partial charge in [-0.25, -0.2) is 0 Å². The van der Waals surface area contributed by atoms with Crippen molar-refractivity contribution in [1.82, 2.24) is 0 Å². The van der Waals surface area contributed by atoms with E-state index in [4.69, 9.17) is 9.84 Å². The second-order valence-corrected chi connectivity index (χ2v) is 5.36. The normalized spacial score (nSPS) is 21.9. The van der Waals surface area contributed by atoms with Crippen LogP contribution in [0.1, 0.15) is 31.2 Å². The summed E-state index contributed by atoms with van der Waals surface area (Å²) in [5.74, 6) is -0.932. The molecule has 0 saturated heterocycles. The predicted octanol–water partition coefficient (Wildman–Crippen LogP) is 2.80. The van der Waals surface area contributed by atoms with E-state index in [2.05, 4.69) is 0 Å². The van der Waals surface area contributed by atoms with Crippen LogP contribution in [0.15, 0.2) is 24.3 Å². The number of hydrogen-bond donors (Lipinski definition) is 1. The summed E-state index contributed by atoms with van der Waals surface area (Å²) in [4.78, 5) is 21.0. The summed E-state index contributed by atoms with van der Waals surface area (Å²) in [6.07, 6.45) is 3.78. The SMILES string of the molecule is O=C(O)C1CCC(OCCc2ccc([N+](=O)[O-])cc2)CC1. The van der Waals surface area contributed by atoms with Crippen LogP contribution in [-0.4, -0.2) is 28.7 Å². The summed E-state index contributed by atoms with van der Waals surface area (Å²) in [6.45, 7) is 0.556. The van der Waals surface area contributed by atoms with Crippen LogP contribution in [0.25, 0.3) is 0 Å². The molecule has 1 aromatic carbocycles. The lowest BCUT2D eigenvalue weighted by Gasteiger charge is -2.26. The Balaban J connectivity index is 1.70. The van der Waals surface area contributed by atoms with E-state index in [-0.39, 0.29) is 17.7 Å². The number of carbonyl (C=O) groups is 1. The number of nitro groups is 1. The summed E-state index contributed by atoms with van der Waals surface area (Å²) in [7, 11) is 0. The maximum atomic E-state index is 10.8. The Bertz CT molecular complexity index is 491. The van der Waals surface area contributed by atoms with E-state index < -0.39 is 10.9 Å². The van der Waals surface area contributed by atoms with Crippen molar-refractivity contribution in [3.63, 3.8) is 0 Å². The molecule has 1 fully saturated rings. The molecule has 0 spiro atoms. The molecule has 0 aliphatic heterocycles. The van der Waals surface area contributed by atoms with Crippen molar-refractivity contribution in [3.05, 3.63) is 39.9 Å². The highest BCUT2D eigenvalue weighted by molar-refractivity contribution is 5.70. The van der Waals surface area contributed by atoms with Gasteiger partial charge >= 0.3 is 5.97 Å². The molecule has 1 aliphatic rings.